The minimum Gasteiger partial charge on any atom is -0.328 e. The molecular formula is C15H9N3O3. The molecule has 0 saturated heterocycles. The monoisotopic (exact) mass is 279 g/mol. The molecule has 1 aromatic carbocycles. The lowest BCUT2D eigenvalue weighted by molar-refractivity contribution is 0.0642. The summed E-state index contributed by atoms with van der Waals surface area (Å²) in [5.74, 6) is -0.834. The van der Waals surface area contributed by atoms with Crippen LogP contribution in [0.25, 0.3) is 0 Å². The van der Waals surface area contributed by atoms with Crippen LogP contribution in [0.3, 0.4) is 0 Å². The number of H-pyrrole nitrogens is 1. The van der Waals surface area contributed by atoms with Crippen LogP contribution in [0.15, 0.2) is 41.3 Å². The predicted octanol–water partition coefficient (Wildman–Crippen LogP) is 1.04. The lowest BCUT2D eigenvalue weighted by Crippen LogP contribution is -2.30. The highest BCUT2D eigenvalue weighted by atomic mass is 16.2. The zero-order chi connectivity index (χ0) is 15.0. The van der Waals surface area contributed by atoms with Gasteiger partial charge in [-0.1, -0.05) is 12.1 Å². The average Bonchev–Trinajstić information content (AvgIpc) is 2.73. The number of nitrogens with one attached hydrogen (secondary N) is 1. The van der Waals surface area contributed by atoms with Gasteiger partial charge in [-0.15, -0.1) is 0 Å². The second-order valence-corrected chi connectivity index (χ2v) is 4.56. The van der Waals surface area contributed by atoms with E-state index in [0.29, 0.717) is 16.7 Å². The molecule has 0 unspecified atom stereocenters. The highest BCUT2D eigenvalue weighted by Crippen LogP contribution is 2.24. The van der Waals surface area contributed by atoms with Gasteiger partial charge in [-0.25, -0.2) is 0 Å². The van der Waals surface area contributed by atoms with Crippen molar-refractivity contribution in [1.82, 2.24) is 9.88 Å². The Morgan fingerprint density at radius 3 is 2.24 bits per heavy atom. The molecule has 1 aromatic heterocycles. The SMILES string of the molecule is N#Cc1c(CN2C(=O)c3ccccc3C2=O)cc[nH]c1=O. The molecule has 0 radical (unpaired) electrons. The van der Waals surface area contributed by atoms with E-state index in [1.54, 1.807) is 30.3 Å². The Labute approximate surface area is 119 Å². The van der Waals surface area contributed by atoms with Crippen LogP contribution in [0, 0.1) is 11.3 Å². The molecule has 102 valence electrons. The normalized spacial score (nSPS) is 13.2. The second kappa shape index (κ2) is 4.72. The first-order valence-electron chi connectivity index (χ1n) is 6.19. The number of hydrogen-bond donors (Lipinski definition) is 1. The Balaban J connectivity index is 2.01. The topological polar surface area (TPSA) is 94.0 Å². The van der Waals surface area contributed by atoms with Crippen LogP contribution in [0.4, 0.5) is 0 Å². The molecule has 0 spiro atoms. The molecule has 2 heterocycles. The van der Waals surface area contributed by atoms with Gasteiger partial charge in [0.2, 0.25) is 0 Å². The van der Waals surface area contributed by atoms with E-state index in [9.17, 15) is 14.4 Å². The van der Waals surface area contributed by atoms with E-state index in [1.165, 1.54) is 12.3 Å². The molecule has 0 bridgehead atoms. The van der Waals surface area contributed by atoms with Gasteiger partial charge in [0.05, 0.1) is 17.7 Å². The van der Waals surface area contributed by atoms with Gasteiger partial charge in [0.25, 0.3) is 17.4 Å². The Morgan fingerprint density at radius 1 is 1.05 bits per heavy atom. The summed E-state index contributed by atoms with van der Waals surface area (Å²) in [5.41, 5.74) is 0.396. The number of pyridine rings is 1. The maximum absolute atomic E-state index is 12.2. The third-order valence-corrected chi connectivity index (χ3v) is 3.37. The fraction of sp³-hybridized carbons (Fsp3) is 0.0667. The molecule has 1 aliphatic heterocycles. The summed E-state index contributed by atoms with van der Waals surface area (Å²) in [5, 5.41) is 9.02. The van der Waals surface area contributed by atoms with E-state index >= 15 is 0 Å². The molecule has 0 atom stereocenters. The molecule has 3 rings (SSSR count). The molecule has 2 aromatic rings. The van der Waals surface area contributed by atoms with Crippen molar-refractivity contribution in [2.24, 2.45) is 0 Å². The van der Waals surface area contributed by atoms with Crippen molar-refractivity contribution in [1.29, 1.82) is 5.26 Å². The van der Waals surface area contributed by atoms with E-state index in [4.69, 9.17) is 5.26 Å². The number of nitriles is 1. The molecule has 21 heavy (non-hydrogen) atoms. The van der Waals surface area contributed by atoms with E-state index in [1.807, 2.05) is 0 Å². The summed E-state index contributed by atoms with van der Waals surface area (Å²) >= 11 is 0. The van der Waals surface area contributed by atoms with E-state index in [0.717, 1.165) is 4.90 Å². The Morgan fingerprint density at radius 2 is 1.67 bits per heavy atom. The van der Waals surface area contributed by atoms with Gasteiger partial charge in [-0.3, -0.25) is 19.3 Å². The number of carbonyl (C=O) groups is 2. The van der Waals surface area contributed by atoms with Crippen molar-refractivity contribution in [2.45, 2.75) is 6.54 Å². The van der Waals surface area contributed by atoms with Crippen molar-refractivity contribution >= 4 is 11.8 Å². The summed E-state index contributed by atoms with van der Waals surface area (Å²) in [6.45, 7) is -0.0981. The number of amides is 2. The van der Waals surface area contributed by atoms with Gasteiger partial charge in [0, 0.05) is 6.20 Å². The first kappa shape index (κ1) is 12.8. The van der Waals surface area contributed by atoms with Crippen LogP contribution >= 0.6 is 0 Å². The van der Waals surface area contributed by atoms with Crippen LogP contribution in [-0.4, -0.2) is 21.7 Å². The van der Waals surface area contributed by atoms with E-state index in [2.05, 4.69) is 4.98 Å². The quantitative estimate of drug-likeness (QED) is 0.831. The highest BCUT2D eigenvalue weighted by Gasteiger charge is 2.35. The molecule has 6 nitrogen and oxygen atoms in total. The van der Waals surface area contributed by atoms with Crippen LogP contribution < -0.4 is 5.56 Å². The van der Waals surface area contributed by atoms with Gasteiger partial charge in [-0.05, 0) is 23.8 Å². The first-order valence-corrected chi connectivity index (χ1v) is 6.19. The number of aromatic amines is 1. The van der Waals surface area contributed by atoms with Gasteiger partial charge in [-0.2, -0.15) is 5.26 Å². The molecule has 0 saturated carbocycles. The van der Waals surface area contributed by atoms with Gasteiger partial charge < -0.3 is 4.98 Å². The summed E-state index contributed by atoms with van der Waals surface area (Å²) in [6.07, 6.45) is 1.39. The number of carbonyl (C=O) groups excluding carboxylic acids is 2. The number of nitrogens with zero attached hydrogens (tertiary/aromatic N) is 2. The minimum atomic E-state index is -0.536. The van der Waals surface area contributed by atoms with Gasteiger partial charge in [0.1, 0.15) is 11.6 Å². The van der Waals surface area contributed by atoms with Crippen LogP contribution in [0.5, 0.6) is 0 Å². The van der Waals surface area contributed by atoms with E-state index < -0.39 is 17.4 Å². The molecule has 1 aliphatic rings. The molecule has 0 fully saturated rings. The van der Waals surface area contributed by atoms with Crippen molar-refractivity contribution in [3.63, 3.8) is 0 Å². The standard InChI is InChI=1S/C15H9N3O3/c16-7-12-9(5-6-17-13(12)19)8-18-14(20)10-3-1-2-4-11(10)15(18)21/h1-6H,8H2,(H,17,19). The maximum Gasteiger partial charge on any atom is 0.266 e. The summed E-state index contributed by atoms with van der Waals surface area (Å²) < 4.78 is 0. The van der Waals surface area contributed by atoms with Gasteiger partial charge >= 0.3 is 0 Å². The predicted molar refractivity (Wildman–Crippen MR) is 72.4 cm³/mol. The molecular weight excluding hydrogens is 270 g/mol. The molecule has 0 aliphatic carbocycles. The van der Waals surface area contributed by atoms with Crippen LogP contribution in [-0.2, 0) is 6.54 Å². The first-order chi connectivity index (χ1) is 10.1. The zero-order valence-corrected chi connectivity index (χ0v) is 10.8. The third-order valence-electron chi connectivity index (χ3n) is 3.37. The van der Waals surface area contributed by atoms with E-state index in [-0.39, 0.29) is 12.1 Å². The lowest BCUT2D eigenvalue weighted by Gasteiger charge is -2.14. The van der Waals surface area contributed by atoms with Crippen LogP contribution in [0.1, 0.15) is 31.8 Å². The average molecular weight is 279 g/mol. The molecule has 2 amide bonds. The smallest absolute Gasteiger partial charge is 0.266 e. The second-order valence-electron chi connectivity index (χ2n) is 4.56. The Kier molecular flexibility index (Phi) is 2.88. The number of rotatable bonds is 2. The van der Waals surface area contributed by atoms with Gasteiger partial charge in [0.15, 0.2) is 0 Å². The fourth-order valence-electron chi connectivity index (χ4n) is 2.33. The summed E-state index contributed by atoms with van der Waals surface area (Å²) in [4.78, 5) is 39.5. The van der Waals surface area contributed by atoms with Crippen molar-refractivity contribution in [3.05, 3.63) is 69.1 Å². The number of aromatic nitrogens is 1. The lowest BCUT2D eigenvalue weighted by atomic mass is 10.1. The van der Waals surface area contributed by atoms with Crippen molar-refractivity contribution < 1.29 is 9.59 Å². The maximum atomic E-state index is 12.2. The fourth-order valence-corrected chi connectivity index (χ4v) is 2.33. The minimum absolute atomic E-state index is 0.0888. The number of imide groups is 1. The number of fused-ring (bicyclic) bond motifs is 1. The largest absolute Gasteiger partial charge is 0.328 e. The Bertz CT molecular complexity index is 826. The zero-order valence-electron chi connectivity index (χ0n) is 10.8. The molecule has 6 heteroatoms. The number of hydrogen-bond acceptors (Lipinski definition) is 4. The highest BCUT2D eigenvalue weighted by molar-refractivity contribution is 6.21. The molecule has 1 N–H and O–H groups in total. The Hall–Kier alpha value is -3.20. The number of benzene rings is 1. The van der Waals surface area contributed by atoms with Crippen molar-refractivity contribution in [2.75, 3.05) is 0 Å². The summed E-state index contributed by atoms with van der Waals surface area (Å²) in [7, 11) is 0. The van der Waals surface area contributed by atoms with Crippen LogP contribution in [0.2, 0.25) is 0 Å². The summed E-state index contributed by atoms with van der Waals surface area (Å²) in [6, 6.07) is 9.84. The van der Waals surface area contributed by atoms with Crippen molar-refractivity contribution in [3.8, 4) is 6.07 Å². The third kappa shape index (κ3) is 1.92.